The molecule has 0 saturated heterocycles. The number of hydrogen-bond acceptors (Lipinski definition) is 3. The number of nitrogens with one attached hydrogen (secondary N) is 1. The summed E-state index contributed by atoms with van der Waals surface area (Å²) in [5.74, 6) is -0.480. The molecule has 0 unspecified atom stereocenters. The van der Waals surface area contributed by atoms with Crippen LogP contribution >= 0.6 is 0 Å². The minimum atomic E-state index is -0.276. The second-order valence-corrected chi connectivity index (χ2v) is 6.26. The van der Waals surface area contributed by atoms with Gasteiger partial charge in [-0.3, -0.25) is 9.78 Å². The van der Waals surface area contributed by atoms with Crippen LogP contribution in [-0.2, 0) is 0 Å². The van der Waals surface area contributed by atoms with Gasteiger partial charge in [0, 0.05) is 29.0 Å². The molecule has 27 heavy (non-hydrogen) atoms. The van der Waals surface area contributed by atoms with E-state index < -0.39 is 0 Å². The molecule has 0 aliphatic rings. The number of fused-ring (bicyclic) bond motifs is 1. The van der Waals surface area contributed by atoms with Crippen molar-refractivity contribution in [1.29, 1.82) is 0 Å². The summed E-state index contributed by atoms with van der Waals surface area (Å²) in [7, 11) is 0. The summed E-state index contributed by atoms with van der Waals surface area (Å²) in [4.78, 5) is 20.9. The number of halogens is 1. The van der Waals surface area contributed by atoms with E-state index in [0.717, 1.165) is 33.4 Å². The molecule has 2 aromatic heterocycles. The quantitative estimate of drug-likeness (QED) is 0.561. The van der Waals surface area contributed by atoms with Crippen molar-refractivity contribution in [3.05, 3.63) is 90.0 Å². The lowest BCUT2D eigenvalue weighted by Crippen LogP contribution is -2.12. The lowest BCUT2D eigenvalue weighted by molar-refractivity contribution is 0.102. The second-order valence-electron chi connectivity index (χ2n) is 6.26. The third-order valence-corrected chi connectivity index (χ3v) is 4.35. The molecule has 132 valence electrons. The van der Waals surface area contributed by atoms with E-state index in [1.165, 1.54) is 18.3 Å². The fourth-order valence-electron chi connectivity index (χ4n) is 2.91. The number of carbonyl (C=O) groups excluding carboxylic acids is 1. The molecule has 0 saturated carbocycles. The van der Waals surface area contributed by atoms with E-state index in [1.54, 1.807) is 24.4 Å². The van der Waals surface area contributed by atoms with Crippen molar-refractivity contribution in [2.24, 2.45) is 0 Å². The van der Waals surface area contributed by atoms with Gasteiger partial charge < -0.3 is 5.32 Å². The summed E-state index contributed by atoms with van der Waals surface area (Å²) in [6.45, 7) is 1.93. The Kier molecular flexibility index (Phi) is 4.34. The fraction of sp³-hybridized carbons (Fsp3) is 0.0455. The van der Waals surface area contributed by atoms with Crippen LogP contribution in [-0.4, -0.2) is 15.9 Å². The zero-order valence-corrected chi connectivity index (χ0v) is 14.6. The third-order valence-electron chi connectivity index (χ3n) is 4.35. The molecule has 0 spiro atoms. The van der Waals surface area contributed by atoms with Crippen LogP contribution in [0.3, 0.4) is 0 Å². The van der Waals surface area contributed by atoms with Crippen LogP contribution < -0.4 is 5.32 Å². The molecule has 0 aliphatic carbocycles. The molecule has 2 aromatic carbocycles. The molecule has 1 N–H and O–H groups in total. The zero-order valence-electron chi connectivity index (χ0n) is 14.6. The Labute approximate surface area is 155 Å². The molecule has 4 aromatic rings. The summed E-state index contributed by atoms with van der Waals surface area (Å²) in [6.07, 6.45) is 3.16. The van der Waals surface area contributed by atoms with Gasteiger partial charge in [0.25, 0.3) is 5.91 Å². The maximum Gasteiger partial charge on any atom is 0.257 e. The van der Waals surface area contributed by atoms with E-state index in [-0.39, 0.29) is 11.7 Å². The molecule has 0 fully saturated rings. The first kappa shape index (κ1) is 16.8. The number of anilines is 1. The molecule has 1 amide bonds. The monoisotopic (exact) mass is 357 g/mol. The van der Waals surface area contributed by atoms with E-state index in [4.69, 9.17) is 0 Å². The highest BCUT2D eigenvalue weighted by molar-refractivity contribution is 6.04. The van der Waals surface area contributed by atoms with Crippen molar-refractivity contribution in [2.45, 2.75) is 6.92 Å². The highest BCUT2D eigenvalue weighted by Crippen LogP contribution is 2.26. The van der Waals surface area contributed by atoms with E-state index in [2.05, 4.69) is 15.3 Å². The predicted octanol–water partition coefficient (Wildman–Crippen LogP) is 5.00. The van der Waals surface area contributed by atoms with E-state index in [0.29, 0.717) is 5.56 Å². The zero-order chi connectivity index (χ0) is 18.8. The van der Waals surface area contributed by atoms with Crippen LogP contribution in [0.25, 0.3) is 22.2 Å². The largest absolute Gasteiger partial charge is 0.322 e. The molecular formula is C22H16FN3O. The molecule has 2 heterocycles. The lowest BCUT2D eigenvalue weighted by Gasteiger charge is -2.10. The Morgan fingerprint density at radius 3 is 2.70 bits per heavy atom. The summed E-state index contributed by atoms with van der Waals surface area (Å²) in [6, 6.07) is 17.4. The first-order valence-corrected chi connectivity index (χ1v) is 8.49. The van der Waals surface area contributed by atoms with Crippen molar-refractivity contribution >= 4 is 22.5 Å². The number of benzene rings is 2. The smallest absolute Gasteiger partial charge is 0.257 e. The highest BCUT2D eigenvalue weighted by atomic mass is 19.1. The maximum absolute atomic E-state index is 13.3. The Bertz CT molecular complexity index is 1140. The van der Waals surface area contributed by atoms with Gasteiger partial charge in [0.1, 0.15) is 5.82 Å². The Hall–Kier alpha value is -3.60. The lowest BCUT2D eigenvalue weighted by atomic mass is 10.1. The van der Waals surface area contributed by atoms with Gasteiger partial charge in [-0.1, -0.05) is 12.1 Å². The summed E-state index contributed by atoms with van der Waals surface area (Å²) in [5, 5.41) is 3.66. The van der Waals surface area contributed by atoms with Gasteiger partial charge in [-0.15, -0.1) is 0 Å². The number of nitrogens with zero attached hydrogens (tertiary/aromatic N) is 2. The van der Waals surface area contributed by atoms with Gasteiger partial charge in [0.05, 0.1) is 16.8 Å². The first-order valence-electron chi connectivity index (χ1n) is 8.49. The summed E-state index contributed by atoms with van der Waals surface area (Å²) in [5.41, 5.74) is 4.62. The molecule has 0 bridgehead atoms. The van der Waals surface area contributed by atoms with Crippen molar-refractivity contribution in [3.63, 3.8) is 0 Å². The number of hydrogen-bond donors (Lipinski definition) is 1. The number of aryl methyl sites for hydroxylation is 1. The minimum Gasteiger partial charge on any atom is -0.322 e. The normalized spacial score (nSPS) is 10.7. The Morgan fingerprint density at radius 1 is 1.04 bits per heavy atom. The van der Waals surface area contributed by atoms with Crippen LogP contribution in [0.2, 0.25) is 0 Å². The third kappa shape index (κ3) is 3.53. The molecule has 4 nitrogen and oxygen atoms in total. The Morgan fingerprint density at radius 2 is 1.93 bits per heavy atom. The number of amides is 1. The van der Waals surface area contributed by atoms with E-state index >= 15 is 0 Å². The van der Waals surface area contributed by atoms with Crippen molar-refractivity contribution in [1.82, 2.24) is 9.97 Å². The topological polar surface area (TPSA) is 54.9 Å². The average Bonchev–Trinajstić information content (AvgIpc) is 2.69. The SMILES string of the molecule is Cc1cc(-c2ccc3cc(F)ccc3n2)ccc1NC(=O)c1cccnc1. The molecule has 5 heteroatoms. The van der Waals surface area contributed by atoms with Gasteiger partial charge in [-0.05, 0) is 61.0 Å². The van der Waals surface area contributed by atoms with Crippen LogP contribution in [0.1, 0.15) is 15.9 Å². The van der Waals surface area contributed by atoms with Crippen LogP contribution in [0.5, 0.6) is 0 Å². The van der Waals surface area contributed by atoms with E-state index in [9.17, 15) is 9.18 Å². The van der Waals surface area contributed by atoms with Gasteiger partial charge in [0.15, 0.2) is 0 Å². The average molecular weight is 357 g/mol. The molecule has 0 radical (unpaired) electrons. The molecule has 4 rings (SSSR count). The summed E-state index contributed by atoms with van der Waals surface area (Å²) >= 11 is 0. The summed E-state index contributed by atoms with van der Waals surface area (Å²) < 4.78 is 13.3. The fourth-order valence-corrected chi connectivity index (χ4v) is 2.91. The van der Waals surface area contributed by atoms with Gasteiger partial charge in [-0.2, -0.15) is 0 Å². The standard InChI is InChI=1S/C22H16FN3O/c1-14-11-15(20-8-5-16-12-18(23)6-9-21(16)25-20)4-7-19(14)26-22(27)17-3-2-10-24-13-17/h2-13H,1H3,(H,26,27). The number of aromatic nitrogens is 2. The van der Waals surface area contributed by atoms with Crippen LogP contribution in [0.15, 0.2) is 73.1 Å². The number of pyridine rings is 2. The Balaban J connectivity index is 1.62. The molecule has 0 atom stereocenters. The van der Waals surface area contributed by atoms with Crippen molar-refractivity contribution in [3.8, 4) is 11.3 Å². The van der Waals surface area contributed by atoms with Crippen molar-refractivity contribution < 1.29 is 9.18 Å². The van der Waals surface area contributed by atoms with Gasteiger partial charge in [-0.25, -0.2) is 9.37 Å². The van der Waals surface area contributed by atoms with Crippen molar-refractivity contribution in [2.75, 3.05) is 5.32 Å². The van der Waals surface area contributed by atoms with E-state index in [1.807, 2.05) is 37.3 Å². The van der Waals surface area contributed by atoms with Crippen LogP contribution in [0.4, 0.5) is 10.1 Å². The number of rotatable bonds is 3. The number of carbonyl (C=O) groups is 1. The predicted molar refractivity (Wildman–Crippen MR) is 104 cm³/mol. The first-order chi connectivity index (χ1) is 13.1. The second kappa shape index (κ2) is 6.96. The molecule has 0 aliphatic heterocycles. The highest BCUT2D eigenvalue weighted by Gasteiger charge is 2.09. The maximum atomic E-state index is 13.3. The van der Waals surface area contributed by atoms with Gasteiger partial charge >= 0.3 is 0 Å². The minimum absolute atomic E-state index is 0.204. The van der Waals surface area contributed by atoms with Crippen LogP contribution in [0, 0.1) is 12.7 Å². The van der Waals surface area contributed by atoms with Gasteiger partial charge in [0.2, 0.25) is 0 Å². The molecular weight excluding hydrogens is 341 g/mol.